The van der Waals surface area contributed by atoms with Crippen LogP contribution in [0.25, 0.3) is 0 Å². The lowest BCUT2D eigenvalue weighted by atomic mass is 9.95. The molecular formula is C21H22FN7. The summed E-state index contributed by atoms with van der Waals surface area (Å²) in [5.74, 6) is 0.774. The number of anilines is 1. The van der Waals surface area contributed by atoms with Crippen molar-refractivity contribution in [2.75, 3.05) is 11.4 Å². The summed E-state index contributed by atoms with van der Waals surface area (Å²) in [5, 5.41) is 6.89. The molecule has 3 heterocycles. The molecule has 3 aromatic rings. The van der Waals surface area contributed by atoms with Crippen molar-refractivity contribution in [2.45, 2.75) is 25.2 Å². The van der Waals surface area contributed by atoms with Gasteiger partial charge in [0.2, 0.25) is 0 Å². The predicted molar refractivity (Wildman–Crippen MR) is 110 cm³/mol. The van der Waals surface area contributed by atoms with Gasteiger partial charge in [0.1, 0.15) is 12.0 Å². The SMILES string of the molecule is NC1=Nc2[nH]ncc2C(N)N1C1Cc2ccccc2N(Cc2ccc(F)cc2)C1. The van der Waals surface area contributed by atoms with Crippen LogP contribution in [0.1, 0.15) is 22.9 Å². The van der Waals surface area contributed by atoms with E-state index < -0.39 is 6.17 Å². The van der Waals surface area contributed by atoms with Gasteiger partial charge in [-0.3, -0.25) is 5.10 Å². The molecule has 0 bridgehead atoms. The van der Waals surface area contributed by atoms with Gasteiger partial charge in [-0.15, -0.1) is 0 Å². The van der Waals surface area contributed by atoms with Crippen LogP contribution in [0.2, 0.25) is 0 Å². The topological polar surface area (TPSA) is 99.6 Å². The zero-order valence-corrected chi connectivity index (χ0v) is 15.8. The molecule has 0 amide bonds. The summed E-state index contributed by atoms with van der Waals surface area (Å²) < 4.78 is 13.3. The Morgan fingerprint density at radius 3 is 2.76 bits per heavy atom. The van der Waals surface area contributed by atoms with Crippen molar-refractivity contribution in [3.63, 3.8) is 0 Å². The number of H-pyrrole nitrogens is 1. The number of hydrogen-bond donors (Lipinski definition) is 3. The number of hydrogen-bond acceptors (Lipinski definition) is 6. The highest BCUT2D eigenvalue weighted by Crippen LogP contribution is 2.35. The van der Waals surface area contributed by atoms with Crippen molar-refractivity contribution in [3.05, 3.63) is 77.2 Å². The minimum atomic E-state index is -0.413. The van der Waals surface area contributed by atoms with E-state index in [4.69, 9.17) is 11.5 Å². The molecule has 2 atom stereocenters. The van der Waals surface area contributed by atoms with Crippen LogP contribution in [0.15, 0.2) is 59.7 Å². The molecule has 0 fully saturated rings. The number of rotatable bonds is 3. The fourth-order valence-electron chi connectivity index (χ4n) is 4.28. The normalized spacial score (nSPS) is 20.8. The Balaban J connectivity index is 1.47. The van der Waals surface area contributed by atoms with Crippen molar-refractivity contribution in [1.82, 2.24) is 15.1 Å². The lowest BCUT2D eigenvalue weighted by Crippen LogP contribution is -2.56. The van der Waals surface area contributed by atoms with E-state index in [0.717, 1.165) is 24.1 Å². The van der Waals surface area contributed by atoms with E-state index in [-0.39, 0.29) is 11.9 Å². The number of aromatic nitrogens is 2. The van der Waals surface area contributed by atoms with E-state index in [1.807, 2.05) is 29.2 Å². The van der Waals surface area contributed by atoms with Crippen molar-refractivity contribution in [2.24, 2.45) is 16.5 Å². The maximum absolute atomic E-state index is 13.3. The highest BCUT2D eigenvalue weighted by atomic mass is 19.1. The Labute approximate surface area is 167 Å². The zero-order chi connectivity index (χ0) is 20.0. The number of nitrogens with zero attached hydrogens (tertiary/aromatic N) is 4. The number of aliphatic imine (C=N–C) groups is 1. The summed E-state index contributed by atoms with van der Waals surface area (Å²) in [4.78, 5) is 8.72. The molecule has 2 aliphatic heterocycles. The average molecular weight is 391 g/mol. The summed E-state index contributed by atoms with van der Waals surface area (Å²) in [7, 11) is 0. The standard InChI is InChI=1S/C21H22FN7/c22-15-7-5-13(6-8-15)11-28-12-16(9-14-3-1-2-4-18(14)28)29-19(23)17-10-25-27-20(17)26-21(29)24/h1-8,10,16,19H,9,11-12,23H2,(H3,24,25,26,27). The van der Waals surface area contributed by atoms with Crippen LogP contribution in [-0.2, 0) is 13.0 Å². The second kappa shape index (κ2) is 6.89. The largest absolute Gasteiger partial charge is 0.369 e. The molecule has 0 radical (unpaired) electrons. The van der Waals surface area contributed by atoms with Crippen LogP contribution in [0.3, 0.4) is 0 Å². The van der Waals surface area contributed by atoms with Gasteiger partial charge >= 0.3 is 0 Å². The fourth-order valence-corrected chi connectivity index (χ4v) is 4.28. The molecule has 2 aromatic carbocycles. The summed E-state index contributed by atoms with van der Waals surface area (Å²) in [6.07, 6.45) is 2.10. The molecule has 7 nitrogen and oxygen atoms in total. The van der Waals surface area contributed by atoms with Gasteiger partial charge in [0.25, 0.3) is 0 Å². The van der Waals surface area contributed by atoms with Crippen LogP contribution < -0.4 is 16.4 Å². The lowest BCUT2D eigenvalue weighted by Gasteiger charge is -2.44. The molecule has 8 heteroatoms. The van der Waals surface area contributed by atoms with Crippen molar-refractivity contribution in [1.29, 1.82) is 0 Å². The van der Waals surface area contributed by atoms with Gasteiger partial charge in [0.05, 0.1) is 17.8 Å². The van der Waals surface area contributed by atoms with Gasteiger partial charge in [-0.25, -0.2) is 4.39 Å². The molecule has 0 spiro atoms. The van der Waals surface area contributed by atoms with E-state index in [1.165, 1.54) is 23.4 Å². The molecule has 148 valence electrons. The van der Waals surface area contributed by atoms with Crippen LogP contribution in [0, 0.1) is 5.82 Å². The Hall–Kier alpha value is -3.39. The van der Waals surface area contributed by atoms with Gasteiger partial charge in [0, 0.05) is 18.8 Å². The minimum Gasteiger partial charge on any atom is -0.369 e. The third-order valence-electron chi connectivity index (χ3n) is 5.66. The highest BCUT2D eigenvalue weighted by Gasteiger charge is 2.36. The number of nitrogens with two attached hydrogens (primary N) is 2. The molecule has 0 saturated heterocycles. The van der Waals surface area contributed by atoms with E-state index in [2.05, 4.69) is 32.2 Å². The number of benzene rings is 2. The second-order valence-electron chi connectivity index (χ2n) is 7.49. The van der Waals surface area contributed by atoms with Crippen LogP contribution in [-0.4, -0.2) is 33.6 Å². The first kappa shape index (κ1) is 17.7. The number of aromatic amines is 1. The first-order valence-corrected chi connectivity index (χ1v) is 9.59. The van der Waals surface area contributed by atoms with Crippen LogP contribution in [0.5, 0.6) is 0 Å². The molecule has 0 aliphatic carbocycles. The Morgan fingerprint density at radius 1 is 1.14 bits per heavy atom. The minimum absolute atomic E-state index is 0.0483. The van der Waals surface area contributed by atoms with Gasteiger partial charge in [-0.05, 0) is 35.7 Å². The Morgan fingerprint density at radius 2 is 1.93 bits per heavy atom. The maximum atomic E-state index is 13.3. The van der Waals surface area contributed by atoms with E-state index in [0.29, 0.717) is 18.3 Å². The smallest absolute Gasteiger partial charge is 0.199 e. The predicted octanol–water partition coefficient (Wildman–Crippen LogP) is 2.40. The maximum Gasteiger partial charge on any atom is 0.199 e. The van der Waals surface area contributed by atoms with Gasteiger partial charge in [0.15, 0.2) is 11.8 Å². The molecule has 29 heavy (non-hydrogen) atoms. The molecule has 5 rings (SSSR count). The number of halogens is 1. The third-order valence-corrected chi connectivity index (χ3v) is 5.66. The molecule has 2 unspecified atom stereocenters. The van der Waals surface area contributed by atoms with Crippen molar-refractivity contribution < 1.29 is 4.39 Å². The second-order valence-corrected chi connectivity index (χ2v) is 7.49. The van der Waals surface area contributed by atoms with Gasteiger partial charge in [-0.1, -0.05) is 30.3 Å². The molecule has 2 aliphatic rings. The summed E-state index contributed by atoms with van der Waals surface area (Å²) in [6, 6.07) is 15.0. The summed E-state index contributed by atoms with van der Waals surface area (Å²) in [5.41, 5.74) is 17.1. The first-order valence-electron chi connectivity index (χ1n) is 9.59. The highest BCUT2D eigenvalue weighted by molar-refractivity contribution is 5.84. The molecule has 0 saturated carbocycles. The summed E-state index contributed by atoms with van der Waals surface area (Å²) in [6.45, 7) is 1.40. The lowest BCUT2D eigenvalue weighted by molar-refractivity contribution is 0.229. The number of nitrogens with one attached hydrogen (secondary N) is 1. The van der Waals surface area contributed by atoms with E-state index in [1.54, 1.807) is 6.20 Å². The van der Waals surface area contributed by atoms with Crippen molar-refractivity contribution in [3.8, 4) is 0 Å². The van der Waals surface area contributed by atoms with E-state index >= 15 is 0 Å². The van der Waals surface area contributed by atoms with Gasteiger partial charge in [-0.2, -0.15) is 10.1 Å². The van der Waals surface area contributed by atoms with Gasteiger partial charge < -0.3 is 21.3 Å². The fraction of sp³-hybridized carbons (Fsp3) is 0.238. The van der Waals surface area contributed by atoms with Crippen LogP contribution >= 0.6 is 0 Å². The quantitative estimate of drug-likeness (QED) is 0.637. The Bertz CT molecular complexity index is 1060. The zero-order valence-electron chi connectivity index (χ0n) is 15.8. The number of para-hydroxylation sites is 1. The average Bonchev–Trinajstić information content (AvgIpc) is 3.18. The Kier molecular flexibility index (Phi) is 4.21. The molecular weight excluding hydrogens is 369 g/mol. The first-order chi connectivity index (χ1) is 14.1. The van der Waals surface area contributed by atoms with Crippen molar-refractivity contribution >= 4 is 17.5 Å². The monoisotopic (exact) mass is 391 g/mol. The molecule has 5 N–H and O–H groups in total. The summed E-state index contributed by atoms with van der Waals surface area (Å²) >= 11 is 0. The van der Waals surface area contributed by atoms with Crippen LogP contribution in [0.4, 0.5) is 15.9 Å². The number of guanidine groups is 1. The number of fused-ring (bicyclic) bond motifs is 2. The third kappa shape index (κ3) is 3.11. The van der Waals surface area contributed by atoms with E-state index in [9.17, 15) is 4.39 Å². The molecule has 1 aromatic heterocycles.